The molecule has 2 atom stereocenters. The molecule has 0 saturated heterocycles. The van der Waals surface area contributed by atoms with E-state index >= 15 is 0 Å². The molecule has 5 rings (SSSR count). The molecule has 184 valence electrons. The molecule has 0 spiro atoms. The molecule has 1 aliphatic carbocycles. The zero-order valence-electron chi connectivity index (χ0n) is 20.0. The molecule has 2 aliphatic rings. The van der Waals surface area contributed by atoms with Gasteiger partial charge in [-0.2, -0.15) is 0 Å². The Balaban J connectivity index is 1.67. The Kier molecular flexibility index (Phi) is 6.18. The molecule has 8 heteroatoms. The smallest absolute Gasteiger partial charge is 0.336 e. The molecule has 0 fully saturated rings. The number of dihydropyridines is 1. The van der Waals surface area contributed by atoms with Gasteiger partial charge >= 0.3 is 5.97 Å². The first-order chi connectivity index (χ1) is 17.3. The predicted octanol–water partition coefficient (Wildman–Crippen LogP) is 4.99. The highest BCUT2D eigenvalue weighted by Gasteiger charge is 2.42. The van der Waals surface area contributed by atoms with Crippen LogP contribution >= 0.6 is 11.6 Å². The second-order valence-electron chi connectivity index (χ2n) is 8.95. The highest BCUT2D eigenvalue weighted by molar-refractivity contribution is 6.31. The average Bonchev–Trinajstić information content (AvgIpc) is 2.88. The third-order valence-corrected chi connectivity index (χ3v) is 7.11. The SMILES string of the molecule is COC(=O)C1=C(C)NC2=C(C(=O)C[C@H](c3cccc(OC)c3)C2)[C@@H]1c1coc2ccc(Cl)cc2c1=O. The topological polar surface area (TPSA) is 94.8 Å². The third kappa shape index (κ3) is 3.99. The van der Waals surface area contributed by atoms with Crippen LogP contribution in [-0.2, 0) is 14.3 Å². The van der Waals surface area contributed by atoms with Crippen molar-refractivity contribution in [3.05, 3.63) is 97.6 Å². The summed E-state index contributed by atoms with van der Waals surface area (Å²) < 4.78 is 16.2. The maximum Gasteiger partial charge on any atom is 0.336 e. The molecular formula is C28H24ClNO6. The van der Waals surface area contributed by atoms with Crippen LogP contribution in [0.15, 0.2) is 80.5 Å². The predicted molar refractivity (Wildman–Crippen MR) is 135 cm³/mol. The summed E-state index contributed by atoms with van der Waals surface area (Å²) in [5, 5.41) is 3.92. The number of rotatable bonds is 4. The summed E-state index contributed by atoms with van der Waals surface area (Å²) in [5.74, 6) is -1.07. The fourth-order valence-electron chi connectivity index (χ4n) is 5.18. The summed E-state index contributed by atoms with van der Waals surface area (Å²) in [6.07, 6.45) is 2.08. The Morgan fingerprint density at radius 1 is 1.11 bits per heavy atom. The number of esters is 1. The van der Waals surface area contributed by atoms with E-state index < -0.39 is 11.9 Å². The minimum absolute atomic E-state index is 0.0844. The van der Waals surface area contributed by atoms with Gasteiger partial charge in [0.25, 0.3) is 0 Å². The number of nitrogens with one attached hydrogen (secondary N) is 1. The molecule has 2 heterocycles. The van der Waals surface area contributed by atoms with E-state index in [0.717, 1.165) is 5.56 Å². The van der Waals surface area contributed by atoms with E-state index in [1.54, 1.807) is 26.2 Å². The number of methoxy groups -OCH3 is 2. The monoisotopic (exact) mass is 505 g/mol. The molecule has 1 aromatic heterocycles. The third-order valence-electron chi connectivity index (χ3n) is 6.87. The number of hydrogen-bond acceptors (Lipinski definition) is 7. The minimum atomic E-state index is -0.924. The van der Waals surface area contributed by atoms with Gasteiger partial charge in [-0.3, -0.25) is 9.59 Å². The van der Waals surface area contributed by atoms with Crippen molar-refractivity contribution in [2.24, 2.45) is 0 Å². The normalized spacial score (nSPS) is 19.7. The lowest BCUT2D eigenvalue weighted by Crippen LogP contribution is -2.37. The molecule has 3 aromatic rings. The number of fused-ring (bicyclic) bond motifs is 1. The maximum absolute atomic E-state index is 13.7. The maximum atomic E-state index is 13.7. The molecule has 0 unspecified atom stereocenters. The highest BCUT2D eigenvalue weighted by atomic mass is 35.5. The Hall–Kier alpha value is -3.84. The molecule has 1 aliphatic heterocycles. The van der Waals surface area contributed by atoms with Crippen molar-refractivity contribution in [1.29, 1.82) is 0 Å². The van der Waals surface area contributed by atoms with Crippen molar-refractivity contribution in [3.63, 3.8) is 0 Å². The number of allylic oxidation sites excluding steroid dienone is 3. The van der Waals surface area contributed by atoms with Crippen molar-refractivity contribution in [3.8, 4) is 5.75 Å². The molecular weight excluding hydrogens is 482 g/mol. The lowest BCUT2D eigenvalue weighted by molar-refractivity contribution is -0.136. The number of carbonyl (C=O) groups is 2. The second-order valence-corrected chi connectivity index (χ2v) is 9.38. The van der Waals surface area contributed by atoms with E-state index in [0.29, 0.717) is 39.7 Å². The summed E-state index contributed by atoms with van der Waals surface area (Å²) in [6.45, 7) is 1.74. The minimum Gasteiger partial charge on any atom is -0.497 e. The van der Waals surface area contributed by atoms with Crippen LogP contribution in [-0.4, -0.2) is 26.0 Å². The van der Waals surface area contributed by atoms with Crippen LogP contribution < -0.4 is 15.5 Å². The van der Waals surface area contributed by atoms with E-state index in [2.05, 4.69) is 5.32 Å². The van der Waals surface area contributed by atoms with Crippen LogP contribution in [0.25, 0.3) is 11.0 Å². The summed E-state index contributed by atoms with van der Waals surface area (Å²) in [6, 6.07) is 12.4. The van der Waals surface area contributed by atoms with Crippen LogP contribution in [0.3, 0.4) is 0 Å². The molecule has 1 N–H and O–H groups in total. The Morgan fingerprint density at radius 3 is 2.67 bits per heavy atom. The largest absolute Gasteiger partial charge is 0.497 e. The summed E-state index contributed by atoms with van der Waals surface area (Å²) in [4.78, 5) is 40.2. The van der Waals surface area contributed by atoms with E-state index in [1.165, 1.54) is 19.4 Å². The van der Waals surface area contributed by atoms with Crippen molar-refractivity contribution in [1.82, 2.24) is 5.32 Å². The Morgan fingerprint density at radius 2 is 1.92 bits per heavy atom. The molecule has 36 heavy (non-hydrogen) atoms. The lowest BCUT2D eigenvalue weighted by Gasteiger charge is -2.36. The number of benzene rings is 2. The number of Topliss-reactive ketones (excluding diaryl/α,β-unsaturated/α-hetero) is 1. The molecule has 0 radical (unpaired) electrons. The van der Waals surface area contributed by atoms with Gasteiger partial charge in [0.05, 0.1) is 37.4 Å². The summed E-state index contributed by atoms with van der Waals surface area (Å²) in [7, 11) is 2.87. The molecule has 0 bridgehead atoms. The van der Waals surface area contributed by atoms with Gasteiger partial charge in [0.15, 0.2) is 11.2 Å². The quantitative estimate of drug-likeness (QED) is 0.499. The fraction of sp³-hybridized carbons (Fsp3) is 0.250. The van der Waals surface area contributed by atoms with Crippen molar-refractivity contribution in [2.45, 2.75) is 31.6 Å². The summed E-state index contributed by atoms with van der Waals surface area (Å²) >= 11 is 6.14. The average molecular weight is 506 g/mol. The molecule has 2 aromatic carbocycles. The number of halogens is 1. The van der Waals surface area contributed by atoms with Crippen LogP contribution in [0.2, 0.25) is 5.02 Å². The number of ether oxygens (including phenoxy) is 2. The van der Waals surface area contributed by atoms with E-state index in [1.807, 2.05) is 24.3 Å². The van der Waals surface area contributed by atoms with Gasteiger partial charge in [-0.1, -0.05) is 23.7 Å². The fourth-order valence-corrected chi connectivity index (χ4v) is 5.35. The van der Waals surface area contributed by atoms with Gasteiger partial charge in [-0.25, -0.2) is 4.79 Å². The van der Waals surface area contributed by atoms with E-state index in [4.69, 9.17) is 25.5 Å². The number of ketones is 1. The first kappa shape index (κ1) is 23.9. The van der Waals surface area contributed by atoms with Crippen molar-refractivity contribution < 1.29 is 23.5 Å². The molecule has 0 amide bonds. The van der Waals surface area contributed by atoms with Gasteiger partial charge < -0.3 is 19.2 Å². The first-order valence-electron chi connectivity index (χ1n) is 11.5. The van der Waals surface area contributed by atoms with Crippen LogP contribution in [0.1, 0.15) is 42.7 Å². The Labute approximate surface area is 212 Å². The lowest BCUT2D eigenvalue weighted by atomic mass is 9.72. The second kappa shape index (κ2) is 9.32. The van der Waals surface area contributed by atoms with Crippen LogP contribution in [0, 0.1) is 0 Å². The molecule has 7 nitrogen and oxygen atoms in total. The highest BCUT2D eigenvalue weighted by Crippen LogP contribution is 2.45. The van der Waals surface area contributed by atoms with Gasteiger partial charge in [0.2, 0.25) is 0 Å². The van der Waals surface area contributed by atoms with Crippen LogP contribution in [0.5, 0.6) is 5.75 Å². The van der Waals surface area contributed by atoms with Crippen molar-refractivity contribution in [2.75, 3.05) is 14.2 Å². The van der Waals surface area contributed by atoms with Gasteiger partial charge in [0.1, 0.15) is 11.3 Å². The zero-order valence-corrected chi connectivity index (χ0v) is 20.8. The molecule has 0 saturated carbocycles. The number of hydrogen-bond donors (Lipinski definition) is 1. The van der Waals surface area contributed by atoms with E-state index in [9.17, 15) is 14.4 Å². The standard InChI is InChI=1S/C28H24ClNO6/c1-14-24(28(33)35-3)25(20-13-36-23-8-7-17(29)12-19(23)27(20)32)26-21(30-14)10-16(11-22(26)31)15-5-4-6-18(9-15)34-2/h4-9,12-13,16,25,30H,10-11H2,1-3H3/t16-,25-/m1/s1. The van der Waals surface area contributed by atoms with E-state index in [-0.39, 0.29) is 40.1 Å². The zero-order chi connectivity index (χ0) is 25.6. The number of carbonyl (C=O) groups excluding carboxylic acids is 2. The Bertz CT molecular complexity index is 1530. The summed E-state index contributed by atoms with van der Waals surface area (Å²) in [5.41, 5.74) is 2.97. The van der Waals surface area contributed by atoms with Crippen molar-refractivity contribution >= 4 is 34.3 Å². The van der Waals surface area contributed by atoms with Gasteiger partial charge in [-0.15, -0.1) is 0 Å². The first-order valence-corrected chi connectivity index (χ1v) is 11.9. The van der Waals surface area contributed by atoms with Gasteiger partial charge in [-0.05, 0) is 55.2 Å². The van der Waals surface area contributed by atoms with Crippen LogP contribution in [0.4, 0.5) is 0 Å². The van der Waals surface area contributed by atoms with Gasteiger partial charge in [0, 0.05) is 34.0 Å².